The van der Waals surface area contributed by atoms with E-state index in [1.807, 2.05) is 30.5 Å². The van der Waals surface area contributed by atoms with Gasteiger partial charge in [-0.25, -0.2) is 10.1 Å². The Bertz CT molecular complexity index is 656. The summed E-state index contributed by atoms with van der Waals surface area (Å²) >= 11 is 0. The van der Waals surface area contributed by atoms with Crippen molar-refractivity contribution in [1.82, 2.24) is 14.9 Å². The van der Waals surface area contributed by atoms with Crippen molar-refractivity contribution in [1.29, 1.82) is 0 Å². The molecule has 0 amide bonds. The van der Waals surface area contributed by atoms with E-state index in [9.17, 15) is 0 Å². The maximum Gasteiger partial charge on any atom is 0.263 e. The van der Waals surface area contributed by atoms with Crippen LogP contribution >= 0.6 is 0 Å². The van der Waals surface area contributed by atoms with Gasteiger partial charge in [0, 0.05) is 12.4 Å². The zero-order valence-corrected chi connectivity index (χ0v) is 10.4. The molecule has 0 spiro atoms. The Labute approximate surface area is 109 Å². The predicted octanol–water partition coefficient (Wildman–Crippen LogP) is 1.20. The number of rotatable bonds is 3. The second kappa shape index (κ2) is 4.52. The van der Waals surface area contributed by atoms with Crippen LogP contribution < -0.4 is 11.3 Å². The number of nitrogens with two attached hydrogens (primary N) is 1. The van der Waals surface area contributed by atoms with Crippen LogP contribution in [0.2, 0.25) is 0 Å². The van der Waals surface area contributed by atoms with Crippen molar-refractivity contribution < 1.29 is 0 Å². The first-order chi connectivity index (χ1) is 9.25. The van der Waals surface area contributed by atoms with Gasteiger partial charge in [-0.3, -0.25) is 4.99 Å². The van der Waals surface area contributed by atoms with Gasteiger partial charge in [0.2, 0.25) is 0 Å². The van der Waals surface area contributed by atoms with Crippen molar-refractivity contribution in [3.8, 4) is 0 Å². The molecule has 3 rings (SSSR count). The average Bonchev–Trinajstić information content (AvgIpc) is 2.97. The molecule has 0 fully saturated rings. The van der Waals surface area contributed by atoms with Gasteiger partial charge in [0.05, 0.1) is 11.6 Å². The van der Waals surface area contributed by atoms with Crippen molar-refractivity contribution in [3.05, 3.63) is 35.7 Å². The smallest absolute Gasteiger partial charge is 0.263 e. The molecule has 2 aromatic rings. The Morgan fingerprint density at radius 2 is 2.21 bits per heavy atom. The van der Waals surface area contributed by atoms with E-state index in [4.69, 9.17) is 5.84 Å². The summed E-state index contributed by atoms with van der Waals surface area (Å²) in [5.74, 6) is 6.79. The number of nitrogens with one attached hydrogen (secondary N) is 1. The van der Waals surface area contributed by atoms with Crippen LogP contribution in [0.25, 0.3) is 0 Å². The van der Waals surface area contributed by atoms with Gasteiger partial charge in [-0.05, 0) is 18.6 Å². The standard InChI is InChI=1S/C12H13N7/c1-8-16-18-12(19(8)13)17-15-7-9-6-14-11-5-3-2-4-10(9)11/h2-7,9H,13H2,1H3,(H,17,18)/b15-7+. The highest BCUT2D eigenvalue weighted by Gasteiger charge is 2.15. The van der Waals surface area contributed by atoms with Crippen molar-refractivity contribution >= 4 is 24.1 Å². The number of hydrogen-bond acceptors (Lipinski definition) is 6. The fourth-order valence-electron chi connectivity index (χ4n) is 1.87. The molecule has 0 saturated carbocycles. The van der Waals surface area contributed by atoms with Crippen LogP contribution in [0.15, 0.2) is 34.4 Å². The van der Waals surface area contributed by atoms with Crippen LogP contribution in [-0.2, 0) is 0 Å². The molecule has 1 aromatic carbocycles. The second-order valence-corrected chi connectivity index (χ2v) is 4.19. The number of nitrogens with zero attached hydrogens (tertiary/aromatic N) is 5. The number of fused-ring (bicyclic) bond motifs is 1. The van der Waals surface area contributed by atoms with Crippen molar-refractivity contribution in [2.75, 3.05) is 11.3 Å². The first kappa shape index (κ1) is 11.4. The van der Waals surface area contributed by atoms with Crippen molar-refractivity contribution in [2.24, 2.45) is 10.1 Å². The van der Waals surface area contributed by atoms with E-state index in [2.05, 4.69) is 25.7 Å². The zero-order valence-electron chi connectivity index (χ0n) is 10.4. The van der Waals surface area contributed by atoms with Crippen LogP contribution in [0.1, 0.15) is 17.3 Å². The van der Waals surface area contributed by atoms with Gasteiger partial charge in [0.25, 0.3) is 5.95 Å². The van der Waals surface area contributed by atoms with Crippen LogP contribution in [-0.4, -0.2) is 27.3 Å². The number of hydrazone groups is 1. The molecular weight excluding hydrogens is 242 g/mol. The molecule has 0 saturated heterocycles. The summed E-state index contributed by atoms with van der Waals surface area (Å²) in [6, 6.07) is 7.97. The molecule has 3 N–H and O–H groups in total. The monoisotopic (exact) mass is 255 g/mol. The summed E-state index contributed by atoms with van der Waals surface area (Å²) in [4.78, 5) is 4.33. The lowest BCUT2D eigenvalue weighted by Gasteiger charge is -2.03. The lowest BCUT2D eigenvalue weighted by molar-refractivity contribution is 0.925. The van der Waals surface area contributed by atoms with E-state index in [-0.39, 0.29) is 5.92 Å². The SMILES string of the molecule is Cc1nnc(N/N=C/C2C=Nc3ccccc32)n1N. The van der Waals surface area contributed by atoms with Crippen LogP contribution in [0.3, 0.4) is 0 Å². The Morgan fingerprint density at radius 3 is 3.00 bits per heavy atom. The van der Waals surface area contributed by atoms with Crippen LogP contribution in [0.5, 0.6) is 0 Å². The highest BCUT2D eigenvalue weighted by Crippen LogP contribution is 2.30. The first-order valence-electron chi connectivity index (χ1n) is 5.85. The fourth-order valence-corrected chi connectivity index (χ4v) is 1.87. The number of para-hydroxylation sites is 1. The van der Waals surface area contributed by atoms with Gasteiger partial charge in [-0.1, -0.05) is 18.2 Å². The van der Waals surface area contributed by atoms with Gasteiger partial charge < -0.3 is 5.84 Å². The number of benzene rings is 1. The third kappa shape index (κ3) is 2.05. The lowest BCUT2D eigenvalue weighted by atomic mass is 10.0. The molecule has 1 aromatic heterocycles. The van der Waals surface area contributed by atoms with Gasteiger partial charge in [-0.15, -0.1) is 10.2 Å². The molecule has 1 unspecified atom stereocenters. The molecule has 0 radical (unpaired) electrons. The molecular formula is C12H13N7. The van der Waals surface area contributed by atoms with E-state index in [1.54, 1.807) is 13.1 Å². The largest absolute Gasteiger partial charge is 0.335 e. The third-order valence-electron chi connectivity index (χ3n) is 2.94. The molecule has 2 heterocycles. The molecule has 7 nitrogen and oxygen atoms in total. The number of aryl methyl sites for hydroxylation is 1. The second-order valence-electron chi connectivity index (χ2n) is 4.19. The number of hydrogen-bond donors (Lipinski definition) is 2. The lowest BCUT2D eigenvalue weighted by Crippen LogP contribution is -2.13. The number of nitrogen functional groups attached to an aromatic ring is 1. The average molecular weight is 255 g/mol. The van der Waals surface area contributed by atoms with E-state index in [0.717, 1.165) is 11.3 Å². The van der Waals surface area contributed by atoms with E-state index >= 15 is 0 Å². The summed E-state index contributed by atoms with van der Waals surface area (Å²) in [6.07, 6.45) is 3.62. The van der Waals surface area contributed by atoms with Gasteiger partial charge in [0.1, 0.15) is 0 Å². The van der Waals surface area contributed by atoms with E-state index < -0.39 is 0 Å². The summed E-state index contributed by atoms with van der Waals surface area (Å²) in [5, 5.41) is 11.8. The quantitative estimate of drug-likeness (QED) is 0.489. The molecule has 1 aliphatic heterocycles. The molecule has 0 aliphatic carbocycles. The van der Waals surface area contributed by atoms with E-state index in [1.165, 1.54) is 4.68 Å². The van der Waals surface area contributed by atoms with Gasteiger partial charge in [0.15, 0.2) is 5.82 Å². The molecule has 1 aliphatic rings. The summed E-state index contributed by atoms with van der Waals surface area (Å²) < 4.78 is 1.34. The first-order valence-corrected chi connectivity index (χ1v) is 5.85. The molecule has 0 bridgehead atoms. The third-order valence-corrected chi connectivity index (χ3v) is 2.94. The summed E-state index contributed by atoms with van der Waals surface area (Å²) in [6.45, 7) is 1.77. The van der Waals surface area contributed by atoms with Crippen LogP contribution in [0, 0.1) is 6.92 Å². The van der Waals surface area contributed by atoms with Gasteiger partial charge >= 0.3 is 0 Å². The molecule has 7 heteroatoms. The highest BCUT2D eigenvalue weighted by molar-refractivity contribution is 5.96. The fraction of sp³-hybridized carbons (Fsp3) is 0.167. The van der Waals surface area contributed by atoms with Gasteiger partial charge in [-0.2, -0.15) is 5.10 Å². The molecule has 1 atom stereocenters. The maximum atomic E-state index is 5.70. The summed E-state index contributed by atoms with van der Waals surface area (Å²) in [7, 11) is 0. The Balaban J connectivity index is 1.72. The minimum absolute atomic E-state index is 0.0685. The maximum absolute atomic E-state index is 5.70. The number of aliphatic imine (C=N–C) groups is 1. The van der Waals surface area contributed by atoms with Crippen LogP contribution in [0.4, 0.5) is 11.6 Å². The van der Waals surface area contributed by atoms with E-state index in [0.29, 0.717) is 11.8 Å². The molecule has 19 heavy (non-hydrogen) atoms. The summed E-state index contributed by atoms with van der Waals surface area (Å²) in [5.41, 5.74) is 4.88. The minimum atomic E-state index is 0.0685. The van der Waals surface area contributed by atoms with Crippen molar-refractivity contribution in [2.45, 2.75) is 12.8 Å². The Hall–Kier alpha value is -2.70. The normalized spacial score (nSPS) is 17.0. The Kier molecular flexibility index (Phi) is 2.71. The molecule has 96 valence electrons. The number of aromatic nitrogens is 3. The Morgan fingerprint density at radius 1 is 1.37 bits per heavy atom. The van der Waals surface area contributed by atoms with Crippen molar-refractivity contribution in [3.63, 3.8) is 0 Å². The topological polar surface area (TPSA) is 93.5 Å². The minimum Gasteiger partial charge on any atom is -0.335 e. The zero-order chi connectivity index (χ0) is 13.2. The number of anilines is 1. The predicted molar refractivity (Wildman–Crippen MR) is 74.4 cm³/mol. The highest BCUT2D eigenvalue weighted by atomic mass is 15.5.